The van der Waals surface area contributed by atoms with E-state index in [1.807, 2.05) is 19.1 Å². The number of guanidine groups is 1. The number of benzene rings is 1. The lowest BCUT2D eigenvalue weighted by molar-refractivity contribution is 0.311. The number of nitrogens with zero attached hydrogens (tertiary/aromatic N) is 1. The van der Waals surface area contributed by atoms with Crippen LogP contribution in [0.15, 0.2) is 17.1 Å². The summed E-state index contributed by atoms with van der Waals surface area (Å²) in [5, 5.41) is 7.16. The fourth-order valence-electron chi connectivity index (χ4n) is 2.13. The van der Waals surface area contributed by atoms with Gasteiger partial charge in [-0.3, -0.25) is 4.99 Å². The van der Waals surface area contributed by atoms with Gasteiger partial charge in [0.05, 0.1) is 18.7 Å². The Hall–Kier alpha value is -0.890. The molecule has 2 rings (SSSR count). The van der Waals surface area contributed by atoms with Crippen LogP contribution in [0.1, 0.15) is 25.3 Å². The summed E-state index contributed by atoms with van der Waals surface area (Å²) in [5.41, 5.74) is 1.01. The lowest BCUT2D eigenvalue weighted by Crippen LogP contribution is -2.37. The van der Waals surface area contributed by atoms with Crippen molar-refractivity contribution in [3.8, 4) is 11.5 Å². The molecule has 130 valence electrons. The van der Waals surface area contributed by atoms with Gasteiger partial charge in [0.2, 0.25) is 0 Å². The van der Waals surface area contributed by atoms with Gasteiger partial charge in [-0.1, -0.05) is 11.6 Å². The molecule has 0 heterocycles. The van der Waals surface area contributed by atoms with E-state index in [9.17, 15) is 0 Å². The molecule has 0 spiro atoms. The van der Waals surface area contributed by atoms with Crippen molar-refractivity contribution >= 4 is 41.5 Å². The first-order valence-corrected chi connectivity index (χ1v) is 7.99. The zero-order valence-electron chi connectivity index (χ0n) is 13.8. The lowest BCUT2D eigenvalue weighted by Gasteiger charge is -2.15. The largest absolute Gasteiger partial charge is 0.493 e. The summed E-state index contributed by atoms with van der Waals surface area (Å²) in [6.07, 6.45) is 2.63. The van der Waals surface area contributed by atoms with Crippen LogP contribution < -0.4 is 20.1 Å². The van der Waals surface area contributed by atoms with Gasteiger partial charge in [-0.15, -0.1) is 24.0 Å². The number of ether oxygens (including phenoxy) is 2. The van der Waals surface area contributed by atoms with Gasteiger partial charge < -0.3 is 20.1 Å². The maximum atomic E-state index is 6.27. The molecule has 0 aromatic heterocycles. The second kappa shape index (κ2) is 10.1. The molecular weight excluding hydrogens is 429 g/mol. The summed E-state index contributed by atoms with van der Waals surface area (Å²) in [6.45, 7) is 4.06. The zero-order chi connectivity index (χ0) is 15.9. The molecule has 23 heavy (non-hydrogen) atoms. The first-order valence-electron chi connectivity index (χ1n) is 7.61. The molecule has 0 aliphatic heterocycles. The SMILES string of the molecule is CCOc1c(Cl)cc(CNC(=NC)NCC2CC2)cc1OC.I. The normalized spacial score (nSPS) is 14.0. The van der Waals surface area contributed by atoms with Crippen molar-refractivity contribution in [3.05, 3.63) is 22.7 Å². The number of nitrogens with one attached hydrogen (secondary N) is 2. The van der Waals surface area contributed by atoms with Gasteiger partial charge in [-0.2, -0.15) is 0 Å². The minimum Gasteiger partial charge on any atom is -0.493 e. The maximum Gasteiger partial charge on any atom is 0.191 e. The average Bonchev–Trinajstić information content (AvgIpc) is 3.34. The van der Waals surface area contributed by atoms with Crippen molar-refractivity contribution in [1.82, 2.24) is 10.6 Å². The molecular formula is C16H25ClIN3O2. The monoisotopic (exact) mass is 453 g/mol. The Morgan fingerprint density at radius 1 is 1.35 bits per heavy atom. The summed E-state index contributed by atoms with van der Waals surface area (Å²) < 4.78 is 10.9. The number of methoxy groups -OCH3 is 1. The molecule has 1 aliphatic rings. The van der Waals surface area contributed by atoms with Crippen LogP contribution in [0.4, 0.5) is 0 Å². The molecule has 0 bridgehead atoms. The van der Waals surface area contributed by atoms with Crippen molar-refractivity contribution in [1.29, 1.82) is 0 Å². The maximum absolute atomic E-state index is 6.27. The number of hydrogen-bond donors (Lipinski definition) is 2. The molecule has 0 saturated heterocycles. The highest BCUT2D eigenvalue weighted by atomic mass is 127. The smallest absolute Gasteiger partial charge is 0.191 e. The molecule has 0 amide bonds. The summed E-state index contributed by atoms with van der Waals surface area (Å²) in [4.78, 5) is 4.22. The zero-order valence-corrected chi connectivity index (χ0v) is 16.9. The van der Waals surface area contributed by atoms with Gasteiger partial charge >= 0.3 is 0 Å². The van der Waals surface area contributed by atoms with Gasteiger partial charge in [0, 0.05) is 20.1 Å². The standard InChI is InChI=1S/C16H24ClN3O2.HI/c1-4-22-15-13(17)7-12(8-14(15)21-3)10-20-16(18-2)19-9-11-5-6-11;/h7-8,11H,4-6,9-10H2,1-3H3,(H2,18,19,20);1H. The van der Waals surface area contributed by atoms with E-state index in [0.717, 1.165) is 24.0 Å². The Labute approximate surface area is 160 Å². The Morgan fingerprint density at radius 3 is 2.65 bits per heavy atom. The Kier molecular flexibility index (Phi) is 8.83. The van der Waals surface area contributed by atoms with Crippen molar-refractivity contribution < 1.29 is 9.47 Å². The third-order valence-corrected chi connectivity index (χ3v) is 3.80. The van der Waals surface area contributed by atoms with Crippen LogP contribution in [-0.2, 0) is 6.54 Å². The second-order valence-corrected chi connectivity index (χ2v) is 5.70. The lowest BCUT2D eigenvalue weighted by atomic mass is 10.2. The van der Waals surface area contributed by atoms with Gasteiger partial charge in [0.15, 0.2) is 17.5 Å². The summed E-state index contributed by atoms with van der Waals surface area (Å²) in [6, 6.07) is 3.81. The van der Waals surface area contributed by atoms with Crippen LogP contribution in [0.2, 0.25) is 5.02 Å². The van der Waals surface area contributed by atoms with Crippen molar-refractivity contribution in [2.24, 2.45) is 10.9 Å². The van der Waals surface area contributed by atoms with E-state index in [1.54, 1.807) is 14.2 Å². The highest BCUT2D eigenvalue weighted by Gasteiger charge is 2.21. The van der Waals surface area contributed by atoms with E-state index >= 15 is 0 Å². The number of hydrogen-bond acceptors (Lipinski definition) is 3. The van der Waals surface area contributed by atoms with Gasteiger partial charge in [-0.25, -0.2) is 0 Å². The van der Waals surface area contributed by atoms with E-state index in [0.29, 0.717) is 29.7 Å². The Bertz CT molecular complexity index is 536. The van der Waals surface area contributed by atoms with Gasteiger partial charge in [0.25, 0.3) is 0 Å². The topological polar surface area (TPSA) is 54.9 Å². The Morgan fingerprint density at radius 2 is 2.09 bits per heavy atom. The number of rotatable bonds is 7. The van der Waals surface area contributed by atoms with E-state index in [4.69, 9.17) is 21.1 Å². The van der Waals surface area contributed by atoms with E-state index in [2.05, 4.69) is 15.6 Å². The van der Waals surface area contributed by atoms with Gasteiger partial charge in [0.1, 0.15) is 0 Å². The minimum atomic E-state index is 0. The van der Waals surface area contributed by atoms with Crippen molar-refractivity contribution in [3.63, 3.8) is 0 Å². The quantitative estimate of drug-likeness (QED) is 0.377. The molecule has 1 aliphatic carbocycles. The summed E-state index contributed by atoms with van der Waals surface area (Å²) >= 11 is 6.27. The molecule has 1 aromatic carbocycles. The molecule has 1 fully saturated rings. The average molecular weight is 454 g/mol. The van der Waals surface area contributed by atoms with Crippen LogP contribution >= 0.6 is 35.6 Å². The highest BCUT2D eigenvalue weighted by Crippen LogP contribution is 2.36. The van der Waals surface area contributed by atoms with Crippen LogP contribution in [0.3, 0.4) is 0 Å². The number of halogens is 2. The van der Waals surface area contributed by atoms with Gasteiger partial charge in [-0.05, 0) is 43.4 Å². The van der Waals surface area contributed by atoms with E-state index in [-0.39, 0.29) is 24.0 Å². The van der Waals surface area contributed by atoms with E-state index in [1.165, 1.54) is 12.8 Å². The minimum absolute atomic E-state index is 0. The summed E-state index contributed by atoms with van der Waals surface area (Å²) in [7, 11) is 3.38. The molecule has 1 saturated carbocycles. The fourth-order valence-corrected chi connectivity index (χ4v) is 2.42. The van der Waals surface area contributed by atoms with Crippen molar-refractivity contribution in [2.45, 2.75) is 26.3 Å². The first-order chi connectivity index (χ1) is 10.7. The molecule has 0 atom stereocenters. The molecule has 7 heteroatoms. The van der Waals surface area contributed by atoms with Crippen LogP contribution in [0, 0.1) is 5.92 Å². The molecule has 0 radical (unpaired) electrons. The predicted molar refractivity (Wildman–Crippen MR) is 106 cm³/mol. The van der Waals surface area contributed by atoms with E-state index < -0.39 is 0 Å². The Balaban J connectivity index is 0.00000264. The highest BCUT2D eigenvalue weighted by molar-refractivity contribution is 14.0. The number of aliphatic imine (C=N–C) groups is 1. The second-order valence-electron chi connectivity index (χ2n) is 5.29. The first kappa shape index (κ1) is 20.2. The van der Waals surface area contributed by atoms with Crippen molar-refractivity contribution in [2.75, 3.05) is 27.3 Å². The summed E-state index contributed by atoms with van der Waals surface area (Å²) in [5.74, 6) is 2.84. The fraction of sp³-hybridized carbons (Fsp3) is 0.562. The third-order valence-electron chi connectivity index (χ3n) is 3.52. The molecule has 0 unspecified atom stereocenters. The molecule has 2 N–H and O–H groups in total. The molecule has 5 nitrogen and oxygen atoms in total. The predicted octanol–water partition coefficient (Wildman–Crippen LogP) is 3.44. The van der Waals surface area contributed by atoms with Crippen LogP contribution in [-0.4, -0.2) is 33.3 Å². The third kappa shape index (κ3) is 6.25. The van der Waals surface area contributed by atoms with Crippen LogP contribution in [0.25, 0.3) is 0 Å². The van der Waals surface area contributed by atoms with Crippen LogP contribution in [0.5, 0.6) is 11.5 Å². The molecule has 1 aromatic rings.